The van der Waals surface area contributed by atoms with Gasteiger partial charge in [-0.1, -0.05) is 38.4 Å². The van der Waals surface area contributed by atoms with Crippen LogP contribution in [0, 0.1) is 12.3 Å². The van der Waals surface area contributed by atoms with E-state index in [9.17, 15) is 4.79 Å². The van der Waals surface area contributed by atoms with Crippen molar-refractivity contribution in [2.45, 2.75) is 27.7 Å². The van der Waals surface area contributed by atoms with Crippen molar-refractivity contribution >= 4 is 51.6 Å². The lowest BCUT2D eigenvalue weighted by Gasteiger charge is -2.18. The standard InChI is InChI=1S/C19H20ClN5OS/c1-11-5-7-13(10-14(11)20)25-23-15-8-6-12(9-16(15)24-25)21-18(27)22-17(26)19(2,3)4/h5-10H,1-4H3,(H2,21,22,26,27). The van der Waals surface area contributed by atoms with Gasteiger partial charge in [0.25, 0.3) is 0 Å². The van der Waals surface area contributed by atoms with E-state index in [0.717, 1.165) is 22.5 Å². The lowest BCUT2D eigenvalue weighted by Crippen LogP contribution is -2.41. The normalized spacial score (nSPS) is 11.4. The first kappa shape index (κ1) is 19.3. The Balaban J connectivity index is 1.80. The van der Waals surface area contributed by atoms with Crippen LogP contribution in [0.3, 0.4) is 0 Å². The number of nitrogens with zero attached hydrogens (tertiary/aromatic N) is 3. The highest BCUT2D eigenvalue weighted by Gasteiger charge is 2.22. The highest BCUT2D eigenvalue weighted by atomic mass is 35.5. The molecule has 0 aliphatic carbocycles. The topological polar surface area (TPSA) is 71.8 Å². The number of aromatic nitrogens is 3. The van der Waals surface area contributed by atoms with Crippen LogP contribution in [0.2, 0.25) is 5.02 Å². The molecule has 0 aliphatic heterocycles. The third kappa shape index (κ3) is 4.43. The van der Waals surface area contributed by atoms with Crippen molar-refractivity contribution < 1.29 is 4.79 Å². The molecule has 0 fully saturated rings. The van der Waals surface area contributed by atoms with E-state index in [0.29, 0.717) is 10.5 Å². The number of halogens is 1. The predicted octanol–water partition coefficient (Wildman–Crippen LogP) is 4.24. The van der Waals surface area contributed by atoms with E-state index in [-0.39, 0.29) is 11.0 Å². The fourth-order valence-corrected chi connectivity index (χ4v) is 2.65. The fourth-order valence-electron chi connectivity index (χ4n) is 2.27. The average molecular weight is 402 g/mol. The van der Waals surface area contributed by atoms with Gasteiger partial charge in [-0.15, -0.1) is 10.2 Å². The molecule has 27 heavy (non-hydrogen) atoms. The molecule has 3 rings (SSSR count). The van der Waals surface area contributed by atoms with Crippen LogP contribution in [0.4, 0.5) is 5.69 Å². The van der Waals surface area contributed by atoms with E-state index >= 15 is 0 Å². The molecule has 2 N–H and O–H groups in total. The van der Waals surface area contributed by atoms with E-state index in [4.69, 9.17) is 23.8 Å². The first-order valence-corrected chi connectivity index (χ1v) is 9.18. The average Bonchev–Trinajstić information content (AvgIpc) is 2.99. The second-order valence-corrected chi connectivity index (χ2v) is 8.10. The van der Waals surface area contributed by atoms with Crippen LogP contribution in [-0.4, -0.2) is 26.0 Å². The molecule has 8 heteroatoms. The highest BCUT2D eigenvalue weighted by Crippen LogP contribution is 2.21. The summed E-state index contributed by atoms with van der Waals surface area (Å²) < 4.78 is 0. The number of rotatable bonds is 2. The van der Waals surface area contributed by atoms with Crippen molar-refractivity contribution in [3.05, 3.63) is 47.0 Å². The van der Waals surface area contributed by atoms with Crippen molar-refractivity contribution in [1.82, 2.24) is 20.3 Å². The number of aryl methyl sites for hydroxylation is 1. The van der Waals surface area contributed by atoms with Crippen molar-refractivity contribution in [2.24, 2.45) is 5.41 Å². The van der Waals surface area contributed by atoms with Crippen LogP contribution in [0.1, 0.15) is 26.3 Å². The number of nitrogens with one attached hydrogen (secondary N) is 2. The van der Waals surface area contributed by atoms with Crippen molar-refractivity contribution in [3.8, 4) is 5.69 Å². The van der Waals surface area contributed by atoms with Crippen LogP contribution in [-0.2, 0) is 4.79 Å². The Kier molecular flexibility index (Phi) is 5.17. The van der Waals surface area contributed by atoms with E-state index in [1.807, 2.05) is 64.1 Å². The minimum atomic E-state index is -0.520. The van der Waals surface area contributed by atoms with Gasteiger partial charge < -0.3 is 10.6 Å². The molecule has 0 unspecified atom stereocenters. The summed E-state index contributed by atoms with van der Waals surface area (Å²) in [5.41, 5.74) is 3.41. The SMILES string of the molecule is Cc1ccc(-n2nc3ccc(NC(=S)NC(=O)C(C)(C)C)cc3n2)cc1Cl. The summed E-state index contributed by atoms with van der Waals surface area (Å²) >= 11 is 11.4. The molecule has 0 spiro atoms. The molecule has 3 aromatic rings. The number of thiocarbonyl (C=S) groups is 1. The zero-order valence-electron chi connectivity index (χ0n) is 15.5. The summed E-state index contributed by atoms with van der Waals surface area (Å²) in [5, 5.41) is 15.6. The number of carbonyl (C=O) groups excluding carboxylic acids is 1. The first-order chi connectivity index (χ1) is 12.6. The second kappa shape index (κ2) is 7.25. The predicted molar refractivity (Wildman–Crippen MR) is 112 cm³/mol. The quantitative estimate of drug-likeness (QED) is 0.628. The molecule has 0 aliphatic rings. The Morgan fingerprint density at radius 2 is 1.81 bits per heavy atom. The molecule has 2 aromatic carbocycles. The molecule has 0 bridgehead atoms. The summed E-state index contributed by atoms with van der Waals surface area (Å²) in [5.74, 6) is -0.150. The van der Waals surface area contributed by atoms with Crippen LogP contribution < -0.4 is 10.6 Å². The maximum atomic E-state index is 12.0. The van der Waals surface area contributed by atoms with Gasteiger partial charge in [0.1, 0.15) is 11.0 Å². The molecule has 140 valence electrons. The van der Waals surface area contributed by atoms with Gasteiger partial charge in [0.15, 0.2) is 5.11 Å². The van der Waals surface area contributed by atoms with Crippen LogP contribution >= 0.6 is 23.8 Å². The lowest BCUT2D eigenvalue weighted by atomic mass is 9.96. The van der Waals surface area contributed by atoms with Gasteiger partial charge in [0.2, 0.25) is 5.91 Å². The Morgan fingerprint density at radius 1 is 1.11 bits per heavy atom. The first-order valence-electron chi connectivity index (χ1n) is 8.39. The molecule has 0 saturated heterocycles. The number of benzene rings is 2. The molecule has 0 atom stereocenters. The molecular weight excluding hydrogens is 382 g/mol. The number of fused-ring (bicyclic) bond motifs is 1. The van der Waals surface area contributed by atoms with Gasteiger partial charge in [-0.3, -0.25) is 4.79 Å². The summed E-state index contributed by atoms with van der Waals surface area (Å²) in [6.45, 7) is 7.42. The third-order valence-electron chi connectivity index (χ3n) is 3.93. The largest absolute Gasteiger partial charge is 0.332 e. The van der Waals surface area contributed by atoms with E-state index in [1.54, 1.807) is 4.80 Å². The number of carbonyl (C=O) groups is 1. The fraction of sp³-hybridized carbons (Fsp3) is 0.263. The van der Waals surface area contributed by atoms with Crippen LogP contribution in [0.25, 0.3) is 16.7 Å². The number of anilines is 1. The maximum absolute atomic E-state index is 12.0. The highest BCUT2D eigenvalue weighted by molar-refractivity contribution is 7.80. The molecule has 6 nitrogen and oxygen atoms in total. The number of amides is 1. The third-order valence-corrected chi connectivity index (χ3v) is 4.54. The van der Waals surface area contributed by atoms with Crippen molar-refractivity contribution in [3.63, 3.8) is 0 Å². The Bertz CT molecular complexity index is 1040. The monoisotopic (exact) mass is 401 g/mol. The summed E-state index contributed by atoms with van der Waals surface area (Å²) in [4.78, 5) is 13.6. The van der Waals surface area contributed by atoms with Crippen molar-refractivity contribution in [2.75, 3.05) is 5.32 Å². The van der Waals surface area contributed by atoms with Crippen LogP contribution in [0.15, 0.2) is 36.4 Å². The van der Waals surface area contributed by atoms with Gasteiger partial charge in [-0.25, -0.2) is 0 Å². The summed E-state index contributed by atoms with van der Waals surface area (Å²) in [6, 6.07) is 11.2. The molecule has 0 saturated carbocycles. The smallest absolute Gasteiger partial charge is 0.231 e. The zero-order chi connectivity index (χ0) is 19.8. The van der Waals surface area contributed by atoms with E-state index in [2.05, 4.69) is 20.8 Å². The Labute approximate surface area is 167 Å². The molecule has 1 heterocycles. The van der Waals surface area contributed by atoms with E-state index in [1.165, 1.54) is 0 Å². The van der Waals surface area contributed by atoms with Crippen LogP contribution in [0.5, 0.6) is 0 Å². The number of hydrogen-bond donors (Lipinski definition) is 2. The van der Waals surface area contributed by atoms with Gasteiger partial charge in [0, 0.05) is 16.1 Å². The number of hydrogen-bond acceptors (Lipinski definition) is 4. The molecule has 1 amide bonds. The minimum absolute atomic E-state index is 0.150. The Hall–Kier alpha value is -2.51. The molecule has 0 radical (unpaired) electrons. The molecule has 1 aromatic heterocycles. The zero-order valence-corrected chi connectivity index (χ0v) is 17.1. The second-order valence-electron chi connectivity index (χ2n) is 7.28. The van der Waals surface area contributed by atoms with Gasteiger partial charge >= 0.3 is 0 Å². The summed E-state index contributed by atoms with van der Waals surface area (Å²) in [6.07, 6.45) is 0. The van der Waals surface area contributed by atoms with Crippen molar-refractivity contribution in [1.29, 1.82) is 0 Å². The minimum Gasteiger partial charge on any atom is -0.332 e. The van der Waals surface area contributed by atoms with Gasteiger partial charge in [-0.2, -0.15) is 4.80 Å². The molecular formula is C19H20ClN5OS. The lowest BCUT2D eigenvalue weighted by molar-refractivity contribution is -0.126. The van der Waals surface area contributed by atoms with Gasteiger partial charge in [0.05, 0.1) is 5.69 Å². The van der Waals surface area contributed by atoms with E-state index < -0.39 is 5.41 Å². The van der Waals surface area contributed by atoms with Gasteiger partial charge in [-0.05, 0) is 55.0 Å². The Morgan fingerprint density at radius 3 is 2.48 bits per heavy atom. The summed E-state index contributed by atoms with van der Waals surface area (Å²) in [7, 11) is 0. The maximum Gasteiger partial charge on any atom is 0.231 e.